The summed E-state index contributed by atoms with van der Waals surface area (Å²) in [4.78, 5) is 25.1. The molecule has 1 unspecified atom stereocenters. The van der Waals surface area contributed by atoms with Crippen molar-refractivity contribution in [3.63, 3.8) is 0 Å². The lowest BCUT2D eigenvalue weighted by molar-refractivity contribution is 0.0718. The minimum Gasteiger partial charge on any atom is -0.340 e. The Kier molecular flexibility index (Phi) is 4.76. The number of sulfone groups is 1. The Labute approximate surface area is 143 Å². The van der Waals surface area contributed by atoms with Crippen LogP contribution >= 0.6 is 0 Å². The van der Waals surface area contributed by atoms with Gasteiger partial charge in [0.05, 0.1) is 11.5 Å². The van der Waals surface area contributed by atoms with E-state index >= 15 is 0 Å². The Balaban J connectivity index is 1.82. The summed E-state index contributed by atoms with van der Waals surface area (Å²) in [6, 6.07) is 1.58. The summed E-state index contributed by atoms with van der Waals surface area (Å²) >= 11 is 0. The smallest absolute Gasteiger partial charge is 0.272 e. The lowest BCUT2D eigenvalue weighted by atomic mass is 10.1. The van der Waals surface area contributed by atoms with Crippen LogP contribution in [-0.4, -0.2) is 66.9 Å². The maximum Gasteiger partial charge on any atom is 0.272 e. The van der Waals surface area contributed by atoms with Crippen molar-refractivity contribution in [1.82, 2.24) is 14.9 Å². The standard InChI is InChI=1S/C16H24N4O3S/c1-12-10-14(15(21)20-7-4-3-5-8-20)18-16(17-12)19(2)13-6-9-24(22,23)11-13/h10,13H,3-9,11H2,1-2H3. The second kappa shape index (κ2) is 6.66. The highest BCUT2D eigenvalue weighted by molar-refractivity contribution is 7.91. The average Bonchev–Trinajstić information content (AvgIpc) is 2.93. The molecule has 2 aliphatic heterocycles. The maximum absolute atomic E-state index is 12.7. The number of carbonyl (C=O) groups excluding carboxylic acids is 1. The molecular formula is C16H24N4O3S. The lowest BCUT2D eigenvalue weighted by Crippen LogP contribution is -2.37. The Bertz CT molecular complexity index is 729. The monoisotopic (exact) mass is 352 g/mol. The van der Waals surface area contributed by atoms with E-state index < -0.39 is 9.84 Å². The molecule has 1 aromatic rings. The van der Waals surface area contributed by atoms with Gasteiger partial charge in [-0.2, -0.15) is 0 Å². The molecule has 0 spiro atoms. The number of nitrogens with zero attached hydrogens (tertiary/aromatic N) is 4. The average molecular weight is 352 g/mol. The third-order valence-corrected chi connectivity index (χ3v) is 6.53. The minimum atomic E-state index is -2.97. The van der Waals surface area contributed by atoms with Crippen LogP contribution in [-0.2, 0) is 9.84 Å². The van der Waals surface area contributed by atoms with Gasteiger partial charge in [0.2, 0.25) is 5.95 Å². The quantitative estimate of drug-likeness (QED) is 0.808. The number of carbonyl (C=O) groups is 1. The van der Waals surface area contributed by atoms with Gasteiger partial charge in [0, 0.05) is 31.9 Å². The van der Waals surface area contributed by atoms with Gasteiger partial charge in [0.15, 0.2) is 9.84 Å². The Hall–Kier alpha value is -1.70. The SMILES string of the molecule is Cc1cc(C(=O)N2CCCCC2)nc(N(C)C2CCS(=O)(=O)C2)n1. The number of hydrogen-bond acceptors (Lipinski definition) is 6. The highest BCUT2D eigenvalue weighted by Gasteiger charge is 2.32. The largest absolute Gasteiger partial charge is 0.340 e. The number of anilines is 1. The first-order valence-corrected chi connectivity index (χ1v) is 10.3. The van der Waals surface area contributed by atoms with Crippen LogP contribution in [0.2, 0.25) is 0 Å². The normalized spacial score (nSPS) is 23.2. The first-order chi connectivity index (χ1) is 11.4. The zero-order valence-corrected chi connectivity index (χ0v) is 15.0. The van der Waals surface area contributed by atoms with Crippen LogP contribution in [0.3, 0.4) is 0 Å². The third kappa shape index (κ3) is 3.68. The van der Waals surface area contributed by atoms with Gasteiger partial charge < -0.3 is 9.80 Å². The number of rotatable bonds is 3. The number of aryl methyl sites for hydroxylation is 1. The Morgan fingerprint density at radius 1 is 1.25 bits per heavy atom. The van der Waals surface area contributed by atoms with Crippen LogP contribution in [0.5, 0.6) is 0 Å². The van der Waals surface area contributed by atoms with Crippen LogP contribution in [0.4, 0.5) is 5.95 Å². The summed E-state index contributed by atoms with van der Waals surface area (Å²) in [6.45, 7) is 3.37. The van der Waals surface area contributed by atoms with Crippen molar-refractivity contribution < 1.29 is 13.2 Å². The zero-order valence-electron chi connectivity index (χ0n) is 14.2. The molecular weight excluding hydrogens is 328 g/mol. The highest BCUT2D eigenvalue weighted by Crippen LogP contribution is 2.21. The van der Waals surface area contributed by atoms with Gasteiger partial charge in [-0.05, 0) is 38.7 Å². The molecule has 3 rings (SSSR count). The van der Waals surface area contributed by atoms with Crippen LogP contribution in [0.15, 0.2) is 6.07 Å². The van der Waals surface area contributed by atoms with Gasteiger partial charge in [-0.3, -0.25) is 4.79 Å². The summed E-state index contributed by atoms with van der Waals surface area (Å²) in [7, 11) is -1.17. The van der Waals surface area contributed by atoms with E-state index in [0.717, 1.165) is 32.4 Å². The van der Waals surface area contributed by atoms with Gasteiger partial charge in [-0.15, -0.1) is 0 Å². The minimum absolute atomic E-state index is 0.0612. The molecule has 24 heavy (non-hydrogen) atoms. The van der Waals surface area contributed by atoms with E-state index in [-0.39, 0.29) is 23.5 Å². The van der Waals surface area contributed by atoms with Crippen molar-refractivity contribution in [2.45, 2.75) is 38.6 Å². The van der Waals surface area contributed by atoms with Crippen molar-refractivity contribution in [3.05, 3.63) is 17.5 Å². The van der Waals surface area contributed by atoms with Gasteiger partial charge in [-0.1, -0.05) is 0 Å². The summed E-state index contributed by atoms with van der Waals surface area (Å²) in [5, 5.41) is 0. The predicted octanol–water partition coefficient (Wildman–Crippen LogP) is 1.03. The van der Waals surface area contributed by atoms with E-state index in [1.165, 1.54) is 0 Å². The molecule has 132 valence electrons. The van der Waals surface area contributed by atoms with Gasteiger partial charge in [-0.25, -0.2) is 18.4 Å². The summed E-state index contributed by atoms with van der Waals surface area (Å²) in [6.07, 6.45) is 3.80. The van der Waals surface area contributed by atoms with Crippen LogP contribution in [0.1, 0.15) is 41.9 Å². The van der Waals surface area contributed by atoms with E-state index in [1.807, 2.05) is 11.8 Å². The van der Waals surface area contributed by atoms with Crippen LogP contribution in [0.25, 0.3) is 0 Å². The number of aromatic nitrogens is 2. The first-order valence-electron chi connectivity index (χ1n) is 8.44. The van der Waals surface area contributed by atoms with Gasteiger partial charge in [0.25, 0.3) is 5.91 Å². The van der Waals surface area contributed by atoms with Crippen molar-refractivity contribution in [3.8, 4) is 0 Å². The van der Waals surface area contributed by atoms with Crippen molar-refractivity contribution >= 4 is 21.7 Å². The number of likely N-dealkylation sites (tertiary alicyclic amines) is 1. The molecule has 0 aromatic carbocycles. The van der Waals surface area contributed by atoms with Crippen molar-refractivity contribution in [2.75, 3.05) is 36.5 Å². The first kappa shape index (κ1) is 17.1. The molecule has 0 bridgehead atoms. The fourth-order valence-corrected chi connectivity index (χ4v) is 5.10. The molecule has 1 amide bonds. The second-order valence-corrected chi connectivity index (χ2v) is 8.94. The maximum atomic E-state index is 12.7. The molecule has 0 N–H and O–H groups in total. The van der Waals surface area contributed by atoms with Crippen molar-refractivity contribution in [2.24, 2.45) is 0 Å². The summed E-state index contributed by atoms with van der Waals surface area (Å²) < 4.78 is 23.4. The van der Waals surface area contributed by atoms with E-state index in [0.29, 0.717) is 23.8 Å². The van der Waals surface area contributed by atoms with E-state index in [4.69, 9.17) is 0 Å². The third-order valence-electron chi connectivity index (χ3n) is 4.78. The Morgan fingerprint density at radius 2 is 1.96 bits per heavy atom. The topological polar surface area (TPSA) is 83.5 Å². The molecule has 0 radical (unpaired) electrons. The number of piperidine rings is 1. The molecule has 0 saturated carbocycles. The predicted molar refractivity (Wildman–Crippen MR) is 92.0 cm³/mol. The number of amides is 1. The fourth-order valence-electron chi connectivity index (χ4n) is 3.32. The van der Waals surface area contributed by atoms with Crippen LogP contribution in [0, 0.1) is 6.92 Å². The summed E-state index contributed by atoms with van der Waals surface area (Å²) in [5.74, 6) is 0.690. The van der Waals surface area contributed by atoms with Crippen LogP contribution < -0.4 is 4.90 Å². The van der Waals surface area contributed by atoms with E-state index in [1.54, 1.807) is 18.0 Å². The number of hydrogen-bond donors (Lipinski definition) is 0. The molecule has 1 aromatic heterocycles. The molecule has 2 fully saturated rings. The Morgan fingerprint density at radius 3 is 2.58 bits per heavy atom. The molecule has 2 aliphatic rings. The molecule has 2 saturated heterocycles. The van der Waals surface area contributed by atoms with E-state index in [9.17, 15) is 13.2 Å². The van der Waals surface area contributed by atoms with Gasteiger partial charge in [0.1, 0.15) is 5.69 Å². The molecule has 0 aliphatic carbocycles. The molecule has 8 heteroatoms. The second-order valence-electron chi connectivity index (χ2n) is 6.72. The lowest BCUT2D eigenvalue weighted by Gasteiger charge is -2.27. The molecule has 7 nitrogen and oxygen atoms in total. The van der Waals surface area contributed by atoms with Gasteiger partial charge >= 0.3 is 0 Å². The van der Waals surface area contributed by atoms with Crippen molar-refractivity contribution in [1.29, 1.82) is 0 Å². The highest BCUT2D eigenvalue weighted by atomic mass is 32.2. The van der Waals surface area contributed by atoms with E-state index in [2.05, 4.69) is 9.97 Å². The molecule has 1 atom stereocenters. The molecule has 3 heterocycles. The summed E-state index contributed by atoms with van der Waals surface area (Å²) in [5.41, 5.74) is 1.11. The fraction of sp³-hybridized carbons (Fsp3) is 0.688. The zero-order chi connectivity index (χ0) is 17.3.